The van der Waals surface area contributed by atoms with Gasteiger partial charge in [-0.2, -0.15) is 0 Å². The van der Waals surface area contributed by atoms with E-state index >= 15 is 0 Å². The predicted molar refractivity (Wildman–Crippen MR) is 60.6 cm³/mol. The smallest absolute Gasteiger partial charge is 0.336 e. The molecule has 96 valence electrons. The third-order valence-corrected chi connectivity index (χ3v) is 2.11. The SMILES string of the molecule is C=C(Cl)CNC(=O)c1cc(F)c(F)cc1C(=O)O. The lowest BCUT2D eigenvalue weighted by Gasteiger charge is -2.07. The van der Waals surface area contributed by atoms with Crippen LogP contribution in [0.5, 0.6) is 0 Å². The molecule has 0 aliphatic carbocycles. The fraction of sp³-hybridized carbons (Fsp3) is 0.0909. The molecule has 0 spiro atoms. The molecule has 0 unspecified atom stereocenters. The second kappa shape index (κ2) is 5.59. The van der Waals surface area contributed by atoms with Crippen LogP contribution >= 0.6 is 11.6 Å². The Kier molecular flexibility index (Phi) is 4.38. The van der Waals surface area contributed by atoms with Gasteiger partial charge in [0.15, 0.2) is 11.6 Å². The summed E-state index contributed by atoms with van der Waals surface area (Å²) in [7, 11) is 0. The highest BCUT2D eigenvalue weighted by molar-refractivity contribution is 6.29. The summed E-state index contributed by atoms with van der Waals surface area (Å²) in [5.74, 6) is -5.07. The Morgan fingerprint density at radius 2 is 1.78 bits per heavy atom. The van der Waals surface area contributed by atoms with E-state index in [1.165, 1.54) is 0 Å². The maximum absolute atomic E-state index is 13.0. The molecule has 0 saturated heterocycles. The van der Waals surface area contributed by atoms with Crippen molar-refractivity contribution >= 4 is 23.5 Å². The monoisotopic (exact) mass is 275 g/mol. The Bertz CT molecular complexity index is 531. The first-order valence-electron chi connectivity index (χ1n) is 4.66. The lowest BCUT2D eigenvalue weighted by molar-refractivity contribution is 0.0690. The number of rotatable bonds is 4. The minimum Gasteiger partial charge on any atom is -0.478 e. The Balaban J connectivity index is 3.13. The molecule has 0 saturated carbocycles. The van der Waals surface area contributed by atoms with Crippen LogP contribution in [0.3, 0.4) is 0 Å². The number of benzene rings is 1. The zero-order valence-corrected chi connectivity index (χ0v) is 9.72. The van der Waals surface area contributed by atoms with Crippen LogP contribution in [0.4, 0.5) is 8.78 Å². The largest absolute Gasteiger partial charge is 0.478 e. The third-order valence-electron chi connectivity index (χ3n) is 1.98. The van der Waals surface area contributed by atoms with E-state index in [9.17, 15) is 18.4 Å². The number of carboxylic acid groups (broad SMARTS) is 1. The van der Waals surface area contributed by atoms with Crippen molar-refractivity contribution in [3.63, 3.8) is 0 Å². The first kappa shape index (κ1) is 14.1. The van der Waals surface area contributed by atoms with Gasteiger partial charge in [-0.05, 0) is 12.1 Å². The molecule has 0 aliphatic heterocycles. The zero-order chi connectivity index (χ0) is 13.9. The maximum atomic E-state index is 13.0. The van der Waals surface area contributed by atoms with Crippen LogP contribution in [0.15, 0.2) is 23.7 Å². The van der Waals surface area contributed by atoms with Crippen LogP contribution in [-0.4, -0.2) is 23.5 Å². The average Bonchev–Trinajstić information content (AvgIpc) is 2.28. The highest BCUT2D eigenvalue weighted by Crippen LogP contribution is 2.15. The van der Waals surface area contributed by atoms with Gasteiger partial charge in [-0.15, -0.1) is 0 Å². The highest BCUT2D eigenvalue weighted by atomic mass is 35.5. The first-order chi connectivity index (χ1) is 8.32. The van der Waals surface area contributed by atoms with Crippen molar-refractivity contribution in [3.8, 4) is 0 Å². The molecule has 18 heavy (non-hydrogen) atoms. The molecule has 0 fully saturated rings. The molecule has 0 radical (unpaired) electrons. The summed E-state index contributed by atoms with van der Waals surface area (Å²) < 4.78 is 25.9. The van der Waals surface area contributed by atoms with Gasteiger partial charge in [0.25, 0.3) is 5.91 Å². The highest BCUT2D eigenvalue weighted by Gasteiger charge is 2.20. The van der Waals surface area contributed by atoms with Crippen LogP contribution < -0.4 is 5.32 Å². The Hall–Kier alpha value is -1.95. The summed E-state index contributed by atoms with van der Waals surface area (Å²) in [6.07, 6.45) is 0. The maximum Gasteiger partial charge on any atom is 0.336 e. The van der Waals surface area contributed by atoms with Crippen molar-refractivity contribution in [2.24, 2.45) is 0 Å². The molecule has 0 atom stereocenters. The van der Waals surface area contributed by atoms with Gasteiger partial charge in [0.05, 0.1) is 17.7 Å². The van der Waals surface area contributed by atoms with E-state index in [1.807, 2.05) is 0 Å². The molecule has 2 N–H and O–H groups in total. The number of carboxylic acids is 1. The van der Waals surface area contributed by atoms with Crippen molar-refractivity contribution in [1.29, 1.82) is 0 Å². The van der Waals surface area contributed by atoms with E-state index in [0.29, 0.717) is 12.1 Å². The van der Waals surface area contributed by atoms with Crippen molar-refractivity contribution in [3.05, 3.63) is 46.5 Å². The van der Waals surface area contributed by atoms with Gasteiger partial charge < -0.3 is 10.4 Å². The Morgan fingerprint density at radius 3 is 2.22 bits per heavy atom. The predicted octanol–water partition coefficient (Wildman–Crippen LogP) is 2.15. The fourth-order valence-corrected chi connectivity index (χ4v) is 1.25. The van der Waals surface area contributed by atoms with Gasteiger partial charge in [-0.1, -0.05) is 18.2 Å². The van der Waals surface area contributed by atoms with Gasteiger partial charge >= 0.3 is 5.97 Å². The van der Waals surface area contributed by atoms with Gasteiger partial charge in [-0.25, -0.2) is 13.6 Å². The van der Waals surface area contributed by atoms with E-state index in [4.69, 9.17) is 16.7 Å². The summed E-state index contributed by atoms with van der Waals surface area (Å²) in [4.78, 5) is 22.4. The summed E-state index contributed by atoms with van der Waals surface area (Å²) >= 11 is 5.41. The van der Waals surface area contributed by atoms with E-state index in [0.717, 1.165) is 0 Å². The third kappa shape index (κ3) is 3.27. The molecule has 1 rings (SSSR count). The topological polar surface area (TPSA) is 66.4 Å². The van der Waals surface area contributed by atoms with Crippen molar-refractivity contribution in [2.75, 3.05) is 6.54 Å². The molecule has 1 aromatic rings. The second-order valence-corrected chi connectivity index (χ2v) is 3.85. The van der Waals surface area contributed by atoms with Crippen molar-refractivity contribution in [2.45, 2.75) is 0 Å². The van der Waals surface area contributed by atoms with Crippen LogP contribution in [0.25, 0.3) is 0 Å². The summed E-state index contributed by atoms with van der Waals surface area (Å²) in [6.45, 7) is 3.20. The number of carbonyl (C=O) groups is 2. The quantitative estimate of drug-likeness (QED) is 0.885. The van der Waals surface area contributed by atoms with Crippen LogP contribution in [-0.2, 0) is 0 Å². The van der Waals surface area contributed by atoms with E-state index in [-0.39, 0.29) is 11.6 Å². The minimum atomic E-state index is -1.54. The second-order valence-electron chi connectivity index (χ2n) is 3.32. The van der Waals surface area contributed by atoms with Crippen LogP contribution in [0.2, 0.25) is 0 Å². The molecule has 1 aromatic carbocycles. The molecular weight excluding hydrogens is 268 g/mol. The minimum absolute atomic E-state index is 0.113. The number of amides is 1. The first-order valence-corrected chi connectivity index (χ1v) is 5.04. The number of hydrogen-bond acceptors (Lipinski definition) is 2. The van der Waals surface area contributed by atoms with E-state index < -0.39 is 34.6 Å². The Morgan fingerprint density at radius 1 is 1.28 bits per heavy atom. The summed E-state index contributed by atoms with van der Waals surface area (Å²) in [6, 6.07) is 0.965. The fourth-order valence-electron chi connectivity index (χ4n) is 1.18. The van der Waals surface area contributed by atoms with E-state index in [1.54, 1.807) is 0 Å². The number of aromatic carboxylic acids is 1. The molecular formula is C11H8ClF2NO3. The molecule has 0 aliphatic rings. The van der Waals surface area contributed by atoms with Crippen LogP contribution in [0.1, 0.15) is 20.7 Å². The Labute approximate surface area is 106 Å². The molecule has 0 heterocycles. The average molecular weight is 276 g/mol. The van der Waals surface area contributed by atoms with Crippen LogP contribution in [0, 0.1) is 11.6 Å². The number of nitrogens with one attached hydrogen (secondary N) is 1. The molecule has 1 amide bonds. The number of carbonyl (C=O) groups excluding carboxylic acids is 1. The summed E-state index contributed by atoms with van der Waals surface area (Å²) in [5.41, 5.74) is -1.12. The zero-order valence-electron chi connectivity index (χ0n) is 8.97. The molecule has 0 aromatic heterocycles. The number of hydrogen-bond donors (Lipinski definition) is 2. The molecule has 7 heteroatoms. The lowest BCUT2D eigenvalue weighted by atomic mass is 10.1. The normalized spacial score (nSPS) is 9.94. The number of halogens is 3. The van der Waals surface area contributed by atoms with Gasteiger partial charge in [0.2, 0.25) is 0 Å². The lowest BCUT2D eigenvalue weighted by Crippen LogP contribution is -2.26. The van der Waals surface area contributed by atoms with Crippen molar-refractivity contribution < 1.29 is 23.5 Å². The van der Waals surface area contributed by atoms with Gasteiger partial charge in [0, 0.05) is 5.03 Å². The van der Waals surface area contributed by atoms with E-state index in [2.05, 4.69) is 11.9 Å². The summed E-state index contributed by atoms with van der Waals surface area (Å²) in [5, 5.41) is 11.1. The van der Waals surface area contributed by atoms with Crippen molar-refractivity contribution in [1.82, 2.24) is 5.32 Å². The van der Waals surface area contributed by atoms with Gasteiger partial charge in [0.1, 0.15) is 0 Å². The molecule has 0 bridgehead atoms. The molecule has 4 nitrogen and oxygen atoms in total. The van der Waals surface area contributed by atoms with Gasteiger partial charge in [-0.3, -0.25) is 4.79 Å². The standard InChI is InChI=1S/C11H8ClF2NO3/c1-5(12)4-15-10(16)6-2-8(13)9(14)3-7(6)11(17)18/h2-3H,1,4H2,(H,15,16)(H,17,18).